The van der Waals surface area contributed by atoms with E-state index in [0.29, 0.717) is 17.1 Å². The highest BCUT2D eigenvalue weighted by Gasteiger charge is 2.22. The van der Waals surface area contributed by atoms with Gasteiger partial charge < -0.3 is 10.1 Å². The molecule has 0 aliphatic carbocycles. The Balaban J connectivity index is 2.11. The van der Waals surface area contributed by atoms with Gasteiger partial charge in [-0.1, -0.05) is 49.4 Å². The molecule has 5 heteroatoms. The van der Waals surface area contributed by atoms with Crippen molar-refractivity contribution in [3.63, 3.8) is 0 Å². The van der Waals surface area contributed by atoms with Crippen LogP contribution in [0.3, 0.4) is 0 Å². The van der Waals surface area contributed by atoms with Gasteiger partial charge in [-0.2, -0.15) is 5.26 Å². The Hall–Kier alpha value is -3.65. The van der Waals surface area contributed by atoms with Crippen molar-refractivity contribution >= 4 is 11.8 Å². The number of hydrogen-bond donors (Lipinski definition) is 1. The molecule has 134 valence electrons. The molecule has 0 saturated carbocycles. The zero-order chi connectivity index (χ0) is 19.1. The SMILES string of the molecule is CCC(=O)Oc1ccccc1C(Nc1ccccn1)c1ccccc1C#N. The van der Waals surface area contributed by atoms with Crippen LogP contribution >= 0.6 is 0 Å². The lowest BCUT2D eigenvalue weighted by molar-refractivity contribution is -0.134. The number of nitrogens with zero attached hydrogens (tertiary/aromatic N) is 2. The summed E-state index contributed by atoms with van der Waals surface area (Å²) in [5.41, 5.74) is 2.08. The minimum Gasteiger partial charge on any atom is -0.426 e. The fourth-order valence-electron chi connectivity index (χ4n) is 2.78. The normalized spacial score (nSPS) is 11.3. The molecule has 1 N–H and O–H groups in total. The van der Waals surface area contributed by atoms with Crippen LogP contribution in [0.1, 0.15) is 36.1 Å². The van der Waals surface area contributed by atoms with Gasteiger partial charge in [-0.05, 0) is 29.8 Å². The summed E-state index contributed by atoms with van der Waals surface area (Å²) in [5, 5.41) is 12.9. The Morgan fingerprint density at radius 3 is 2.48 bits per heavy atom. The van der Waals surface area contributed by atoms with Crippen molar-refractivity contribution in [1.29, 1.82) is 5.26 Å². The highest BCUT2D eigenvalue weighted by atomic mass is 16.5. The smallest absolute Gasteiger partial charge is 0.310 e. The van der Waals surface area contributed by atoms with Crippen LogP contribution in [0.5, 0.6) is 5.75 Å². The first-order valence-electron chi connectivity index (χ1n) is 8.69. The van der Waals surface area contributed by atoms with E-state index in [1.165, 1.54) is 0 Å². The van der Waals surface area contributed by atoms with E-state index in [4.69, 9.17) is 4.74 Å². The second kappa shape index (κ2) is 8.63. The summed E-state index contributed by atoms with van der Waals surface area (Å²) < 4.78 is 5.53. The molecule has 0 radical (unpaired) electrons. The van der Waals surface area contributed by atoms with Crippen molar-refractivity contribution in [2.45, 2.75) is 19.4 Å². The molecule has 27 heavy (non-hydrogen) atoms. The summed E-state index contributed by atoms with van der Waals surface area (Å²) >= 11 is 0. The lowest BCUT2D eigenvalue weighted by atomic mass is 9.94. The minimum atomic E-state index is -0.406. The van der Waals surface area contributed by atoms with Crippen molar-refractivity contribution in [2.75, 3.05) is 5.32 Å². The molecular formula is C22H19N3O2. The molecule has 1 aromatic heterocycles. The van der Waals surface area contributed by atoms with Crippen molar-refractivity contribution in [2.24, 2.45) is 0 Å². The molecule has 3 rings (SSSR count). The maximum Gasteiger partial charge on any atom is 0.310 e. The average molecular weight is 357 g/mol. The Morgan fingerprint density at radius 2 is 1.78 bits per heavy atom. The lowest BCUT2D eigenvalue weighted by Crippen LogP contribution is -2.17. The number of para-hydroxylation sites is 1. The fraction of sp³-hybridized carbons (Fsp3) is 0.136. The Kier molecular flexibility index (Phi) is 5.80. The van der Waals surface area contributed by atoms with E-state index in [2.05, 4.69) is 16.4 Å². The zero-order valence-corrected chi connectivity index (χ0v) is 14.9. The summed E-state index contributed by atoms with van der Waals surface area (Å²) in [6.45, 7) is 1.75. The molecule has 3 aromatic rings. The van der Waals surface area contributed by atoms with Gasteiger partial charge in [0, 0.05) is 18.2 Å². The first-order chi connectivity index (χ1) is 13.2. The summed E-state index contributed by atoms with van der Waals surface area (Å²) in [4.78, 5) is 16.2. The zero-order valence-electron chi connectivity index (χ0n) is 14.9. The quantitative estimate of drug-likeness (QED) is 0.520. The van der Waals surface area contributed by atoms with Crippen molar-refractivity contribution in [1.82, 2.24) is 4.98 Å². The summed E-state index contributed by atoms with van der Waals surface area (Å²) in [6.07, 6.45) is 1.97. The van der Waals surface area contributed by atoms with Crippen LogP contribution in [0.4, 0.5) is 5.82 Å². The molecule has 0 aliphatic rings. The molecule has 1 atom stereocenters. The molecule has 1 heterocycles. The standard InChI is InChI=1S/C22H19N3O2/c1-2-21(26)27-19-12-6-5-11-18(19)22(25-20-13-7-8-14-24-20)17-10-4-3-9-16(17)15-23/h3-14,22H,2H2,1H3,(H,24,25). The average Bonchev–Trinajstić information content (AvgIpc) is 2.73. The summed E-state index contributed by atoms with van der Waals surface area (Å²) in [7, 11) is 0. The van der Waals surface area contributed by atoms with Crippen LogP contribution in [-0.4, -0.2) is 11.0 Å². The van der Waals surface area contributed by atoms with Crippen LogP contribution in [0.25, 0.3) is 0 Å². The van der Waals surface area contributed by atoms with Crippen LogP contribution in [0.15, 0.2) is 72.9 Å². The van der Waals surface area contributed by atoms with Crippen molar-refractivity contribution in [3.05, 3.63) is 89.6 Å². The number of benzene rings is 2. The third-order valence-corrected chi connectivity index (χ3v) is 4.09. The van der Waals surface area contributed by atoms with Crippen LogP contribution in [0, 0.1) is 11.3 Å². The second-order valence-corrected chi connectivity index (χ2v) is 5.86. The van der Waals surface area contributed by atoms with E-state index in [-0.39, 0.29) is 12.4 Å². The molecular weight excluding hydrogens is 338 g/mol. The molecule has 1 unspecified atom stereocenters. The van der Waals surface area contributed by atoms with Gasteiger partial charge in [-0.15, -0.1) is 0 Å². The fourth-order valence-corrected chi connectivity index (χ4v) is 2.78. The van der Waals surface area contributed by atoms with Crippen LogP contribution in [-0.2, 0) is 4.79 Å². The third-order valence-electron chi connectivity index (χ3n) is 4.09. The molecule has 0 fully saturated rings. The number of esters is 1. The van der Waals surface area contributed by atoms with E-state index in [1.54, 1.807) is 25.3 Å². The third kappa shape index (κ3) is 4.31. The van der Waals surface area contributed by atoms with E-state index in [0.717, 1.165) is 11.1 Å². The van der Waals surface area contributed by atoms with Gasteiger partial charge in [0.1, 0.15) is 11.6 Å². The van der Waals surface area contributed by atoms with Crippen LogP contribution in [0.2, 0.25) is 0 Å². The van der Waals surface area contributed by atoms with Crippen molar-refractivity contribution < 1.29 is 9.53 Å². The summed E-state index contributed by atoms with van der Waals surface area (Å²) in [6, 6.07) is 22.1. The lowest BCUT2D eigenvalue weighted by Gasteiger charge is -2.23. The molecule has 0 spiro atoms. The molecule has 0 saturated heterocycles. The Morgan fingerprint density at radius 1 is 1.07 bits per heavy atom. The monoisotopic (exact) mass is 357 g/mol. The van der Waals surface area contributed by atoms with E-state index in [9.17, 15) is 10.1 Å². The van der Waals surface area contributed by atoms with E-state index >= 15 is 0 Å². The maximum absolute atomic E-state index is 11.9. The first kappa shape index (κ1) is 18.2. The van der Waals surface area contributed by atoms with Gasteiger partial charge >= 0.3 is 5.97 Å². The number of aromatic nitrogens is 1. The molecule has 0 amide bonds. The first-order valence-corrected chi connectivity index (χ1v) is 8.69. The topological polar surface area (TPSA) is 75.0 Å². The van der Waals surface area contributed by atoms with Gasteiger partial charge in [0.15, 0.2) is 0 Å². The Labute approximate surface area is 158 Å². The van der Waals surface area contributed by atoms with Crippen molar-refractivity contribution in [3.8, 4) is 11.8 Å². The van der Waals surface area contributed by atoms with Gasteiger partial charge in [0.2, 0.25) is 0 Å². The van der Waals surface area contributed by atoms with Crippen LogP contribution < -0.4 is 10.1 Å². The highest BCUT2D eigenvalue weighted by Crippen LogP contribution is 2.34. The number of rotatable bonds is 6. The predicted molar refractivity (Wildman–Crippen MR) is 103 cm³/mol. The van der Waals surface area contributed by atoms with E-state index < -0.39 is 6.04 Å². The Bertz CT molecular complexity index is 965. The van der Waals surface area contributed by atoms with Gasteiger partial charge in [0.25, 0.3) is 0 Å². The molecule has 0 aliphatic heterocycles. The van der Waals surface area contributed by atoms with Gasteiger partial charge in [-0.25, -0.2) is 4.98 Å². The number of nitriles is 1. The molecule has 0 bridgehead atoms. The van der Waals surface area contributed by atoms with E-state index in [1.807, 2.05) is 54.6 Å². The number of nitrogens with one attached hydrogen (secondary N) is 1. The summed E-state index contributed by atoms with van der Waals surface area (Å²) in [5.74, 6) is 0.810. The molecule has 2 aromatic carbocycles. The molecule has 5 nitrogen and oxygen atoms in total. The predicted octanol–water partition coefficient (Wildman–Crippen LogP) is 4.47. The largest absolute Gasteiger partial charge is 0.426 e. The minimum absolute atomic E-state index is 0.279. The van der Waals surface area contributed by atoms with Gasteiger partial charge in [-0.3, -0.25) is 4.79 Å². The maximum atomic E-state index is 11.9. The number of ether oxygens (including phenoxy) is 1. The van der Waals surface area contributed by atoms with Gasteiger partial charge in [0.05, 0.1) is 17.7 Å². The number of pyridine rings is 1. The number of anilines is 1. The second-order valence-electron chi connectivity index (χ2n) is 5.86. The number of carbonyl (C=O) groups is 1. The number of hydrogen-bond acceptors (Lipinski definition) is 5. The highest BCUT2D eigenvalue weighted by molar-refractivity contribution is 5.72. The number of carbonyl (C=O) groups excluding carboxylic acids is 1.